The number of rotatable bonds is 2. The van der Waals surface area contributed by atoms with Crippen LogP contribution in [0.1, 0.15) is 10.4 Å². The molecule has 20 heavy (non-hydrogen) atoms. The fourth-order valence-corrected chi connectivity index (χ4v) is 2.24. The number of amides is 1. The van der Waals surface area contributed by atoms with Gasteiger partial charge in [-0.3, -0.25) is 4.79 Å². The van der Waals surface area contributed by atoms with Crippen molar-refractivity contribution >= 4 is 16.9 Å². The number of halogens is 1. The Hall–Kier alpha value is -2.69. The number of carbonyl (C=O) groups excluding carboxylic acids is 1. The molecular formula is C15H12FN3O. The first-order chi connectivity index (χ1) is 9.58. The lowest BCUT2D eigenvalue weighted by Crippen LogP contribution is -2.10. The summed E-state index contributed by atoms with van der Waals surface area (Å²) >= 11 is 0. The van der Waals surface area contributed by atoms with Crippen molar-refractivity contribution in [1.82, 2.24) is 9.55 Å². The van der Waals surface area contributed by atoms with Gasteiger partial charge in [0.05, 0.1) is 16.6 Å². The van der Waals surface area contributed by atoms with Crippen LogP contribution in [0.15, 0.2) is 42.5 Å². The van der Waals surface area contributed by atoms with Gasteiger partial charge in [0.1, 0.15) is 11.6 Å². The van der Waals surface area contributed by atoms with Gasteiger partial charge < -0.3 is 10.3 Å². The first-order valence-corrected chi connectivity index (χ1v) is 6.09. The quantitative estimate of drug-likeness (QED) is 0.777. The highest BCUT2D eigenvalue weighted by molar-refractivity contribution is 5.96. The minimum absolute atomic E-state index is 0.332. The van der Waals surface area contributed by atoms with E-state index in [-0.39, 0.29) is 5.82 Å². The van der Waals surface area contributed by atoms with Crippen LogP contribution in [0.2, 0.25) is 0 Å². The maximum Gasteiger partial charge on any atom is 0.248 e. The molecule has 0 aliphatic heterocycles. The molecule has 4 nitrogen and oxygen atoms in total. The van der Waals surface area contributed by atoms with Gasteiger partial charge in [0, 0.05) is 12.6 Å². The van der Waals surface area contributed by atoms with E-state index in [4.69, 9.17) is 5.73 Å². The lowest BCUT2D eigenvalue weighted by atomic mass is 10.2. The van der Waals surface area contributed by atoms with E-state index in [0.717, 1.165) is 5.52 Å². The Morgan fingerprint density at radius 1 is 1.25 bits per heavy atom. The third-order valence-corrected chi connectivity index (χ3v) is 3.28. The number of primary amides is 1. The standard InChI is InChI=1S/C15H12FN3O/c1-19-13-7-6-9(14(17)20)8-12(13)18-15(19)10-4-2-3-5-11(10)16/h2-8H,1H3,(H2,17,20). The van der Waals surface area contributed by atoms with Crippen molar-refractivity contribution in [3.05, 3.63) is 53.8 Å². The van der Waals surface area contributed by atoms with Crippen molar-refractivity contribution in [3.63, 3.8) is 0 Å². The van der Waals surface area contributed by atoms with Crippen LogP contribution >= 0.6 is 0 Å². The SMILES string of the molecule is Cn1c(-c2ccccc2F)nc2cc(C(N)=O)ccc21. The van der Waals surface area contributed by atoms with Gasteiger partial charge in [-0.1, -0.05) is 12.1 Å². The molecule has 3 aromatic rings. The topological polar surface area (TPSA) is 60.9 Å². The number of imidazole rings is 1. The number of hydrogen-bond acceptors (Lipinski definition) is 2. The molecule has 100 valence electrons. The molecule has 5 heteroatoms. The molecule has 2 N–H and O–H groups in total. The predicted octanol–water partition coefficient (Wildman–Crippen LogP) is 2.48. The van der Waals surface area contributed by atoms with Gasteiger partial charge in [0.15, 0.2) is 0 Å². The van der Waals surface area contributed by atoms with E-state index in [1.54, 1.807) is 48.0 Å². The van der Waals surface area contributed by atoms with Crippen LogP contribution in [0.25, 0.3) is 22.4 Å². The van der Waals surface area contributed by atoms with Gasteiger partial charge in [0.2, 0.25) is 5.91 Å². The summed E-state index contributed by atoms with van der Waals surface area (Å²) in [7, 11) is 1.81. The second-order valence-corrected chi connectivity index (χ2v) is 4.54. The average Bonchev–Trinajstić information content (AvgIpc) is 2.76. The lowest BCUT2D eigenvalue weighted by molar-refractivity contribution is 0.100. The molecule has 0 radical (unpaired) electrons. The van der Waals surface area contributed by atoms with Gasteiger partial charge in [-0.05, 0) is 30.3 Å². The monoisotopic (exact) mass is 269 g/mol. The fourth-order valence-electron chi connectivity index (χ4n) is 2.24. The van der Waals surface area contributed by atoms with Crippen LogP contribution in [0.5, 0.6) is 0 Å². The van der Waals surface area contributed by atoms with Crippen molar-refractivity contribution in [2.45, 2.75) is 0 Å². The largest absolute Gasteiger partial charge is 0.366 e. The fraction of sp³-hybridized carbons (Fsp3) is 0.0667. The van der Waals surface area contributed by atoms with Crippen molar-refractivity contribution in [2.24, 2.45) is 12.8 Å². The first kappa shape index (κ1) is 12.3. The van der Waals surface area contributed by atoms with Crippen LogP contribution in [-0.2, 0) is 7.05 Å². The molecule has 1 aromatic heterocycles. The Morgan fingerprint density at radius 2 is 2.00 bits per heavy atom. The highest BCUT2D eigenvalue weighted by Crippen LogP contribution is 2.26. The van der Waals surface area contributed by atoms with Gasteiger partial charge in [0.25, 0.3) is 0 Å². The molecule has 1 amide bonds. The summed E-state index contributed by atoms with van der Waals surface area (Å²) in [5.74, 6) is -0.328. The Bertz CT molecular complexity index is 823. The molecule has 3 rings (SSSR count). The number of fused-ring (bicyclic) bond motifs is 1. The van der Waals surface area contributed by atoms with E-state index in [9.17, 15) is 9.18 Å². The number of benzene rings is 2. The Kier molecular flexibility index (Phi) is 2.75. The zero-order valence-electron chi connectivity index (χ0n) is 10.8. The summed E-state index contributed by atoms with van der Waals surface area (Å²) in [6, 6.07) is 11.5. The maximum atomic E-state index is 13.9. The van der Waals surface area contributed by atoms with E-state index in [1.165, 1.54) is 6.07 Å². The van der Waals surface area contributed by atoms with Crippen LogP contribution in [0.4, 0.5) is 4.39 Å². The van der Waals surface area contributed by atoms with Crippen molar-refractivity contribution in [2.75, 3.05) is 0 Å². The van der Waals surface area contributed by atoms with E-state index < -0.39 is 5.91 Å². The molecule has 1 heterocycles. The summed E-state index contributed by atoms with van der Waals surface area (Å²) in [6.45, 7) is 0. The molecule has 0 bridgehead atoms. The minimum Gasteiger partial charge on any atom is -0.366 e. The Labute approximate surface area is 114 Å². The first-order valence-electron chi connectivity index (χ1n) is 6.09. The number of carbonyl (C=O) groups is 1. The Balaban J connectivity index is 2.26. The number of nitrogens with zero attached hydrogens (tertiary/aromatic N) is 2. The zero-order valence-corrected chi connectivity index (χ0v) is 10.8. The summed E-state index contributed by atoms with van der Waals surface area (Å²) in [5, 5.41) is 0. The van der Waals surface area contributed by atoms with Crippen LogP contribution in [-0.4, -0.2) is 15.5 Å². The van der Waals surface area contributed by atoms with Gasteiger partial charge in [-0.2, -0.15) is 0 Å². The predicted molar refractivity (Wildman–Crippen MR) is 74.6 cm³/mol. The summed E-state index contributed by atoms with van der Waals surface area (Å²) in [5.41, 5.74) is 7.49. The number of aryl methyl sites for hydroxylation is 1. The van der Waals surface area contributed by atoms with Crippen LogP contribution in [0, 0.1) is 5.82 Å². The van der Waals surface area contributed by atoms with Crippen molar-refractivity contribution in [3.8, 4) is 11.4 Å². The van der Waals surface area contributed by atoms with E-state index in [0.29, 0.717) is 22.5 Å². The van der Waals surface area contributed by atoms with E-state index >= 15 is 0 Å². The molecule has 0 unspecified atom stereocenters. The van der Waals surface area contributed by atoms with Crippen LogP contribution in [0.3, 0.4) is 0 Å². The molecule has 0 saturated heterocycles. The molecule has 0 atom stereocenters. The van der Waals surface area contributed by atoms with Gasteiger partial charge in [-0.25, -0.2) is 9.37 Å². The van der Waals surface area contributed by atoms with Crippen molar-refractivity contribution in [1.29, 1.82) is 0 Å². The smallest absolute Gasteiger partial charge is 0.248 e. The molecule has 0 aliphatic rings. The number of hydrogen-bond donors (Lipinski definition) is 1. The van der Waals surface area contributed by atoms with Crippen molar-refractivity contribution < 1.29 is 9.18 Å². The van der Waals surface area contributed by atoms with Gasteiger partial charge >= 0.3 is 0 Å². The highest BCUT2D eigenvalue weighted by atomic mass is 19.1. The lowest BCUT2D eigenvalue weighted by Gasteiger charge is -2.03. The number of aromatic nitrogens is 2. The second-order valence-electron chi connectivity index (χ2n) is 4.54. The average molecular weight is 269 g/mol. The normalized spacial score (nSPS) is 10.9. The molecular weight excluding hydrogens is 257 g/mol. The van der Waals surface area contributed by atoms with Crippen LogP contribution < -0.4 is 5.73 Å². The third-order valence-electron chi connectivity index (χ3n) is 3.28. The maximum absolute atomic E-state index is 13.9. The minimum atomic E-state index is -0.509. The summed E-state index contributed by atoms with van der Waals surface area (Å²) in [6.07, 6.45) is 0. The van der Waals surface area contributed by atoms with Gasteiger partial charge in [-0.15, -0.1) is 0 Å². The number of nitrogens with two attached hydrogens (primary N) is 1. The molecule has 0 spiro atoms. The molecule has 0 aliphatic carbocycles. The van der Waals surface area contributed by atoms with E-state index in [2.05, 4.69) is 4.98 Å². The third kappa shape index (κ3) is 1.84. The Morgan fingerprint density at radius 3 is 2.70 bits per heavy atom. The van der Waals surface area contributed by atoms with E-state index in [1.807, 2.05) is 0 Å². The zero-order chi connectivity index (χ0) is 14.3. The molecule has 2 aromatic carbocycles. The summed E-state index contributed by atoms with van der Waals surface area (Å²) in [4.78, 5) is 15.6. The molecule has 0 saturated carbocycles. The molecule has 0 fully saturated rings. The second kappa shape index (κ2) is 4.45. The highest BCUT2D eigenvalue weighted by Gasteiger charge is 2.14. The summed E-state index contributed by atoms with van der Waals surface area (Å²) < 4.78 is 15.7.